The number of alkyl halides is 2. The van der Waals surface area contributed by atoms with Crippen LogP contribution < -0.4 is 11.1 Å². The number of nitrogens with two attached hydrogens (primary N) is 1. The molecule has 2 rings (SSSR count). The first-order valence-electron chi connectivity index (χ1n) is 5.39. The molecule has 96 valence electrons. The van der Waals surface area contributed by atoms with Gasteiger partial charge in [0.15, 0.2) is 0 Å². The summed E-state index contributed by atoms with van der Waals surface area (Å²) in [5, 5.41) is 11.7. The summed E-state index contributed by atoms with van der Waals surface area (Å²) < 4.78 is 25.8. The van der Waals surface area contributed by atoms with Crippen LogP contribution in [-0.4, -0.2) is 29.2 Å². The highest BCUT2D eigenvalue weighted by atomic mass is 19.3. The minimum atomic E-state index is -3.17. The highest BCUT2D eigenvalue weighted by molar-refractivity contribution is 5.96. The maximum Gasteiger partial charge on any atom is 0.287 e. The topological polar surface area (TPSA) is 71.2 Å². The molecule has 0 amide bonds. The molecule has 0 bridgehead atoms. The number of halogens is 2. The summed E-state index contributed by atoms with van der Waals surface area (Å²) in [5.41, 5.74) is 7.36. The molecule has 0 aliphatic heterocycles. The third-order valence-corrected chi connectivity index (χ3v) is 2.60. The van der Waals surface area contributed by atoms with Crippen molar-refractivity contribution in [2.24, 2.45) is 0 Å². The van der Waals surface area contributed by atoms with E-state index in [0.29, 0.717) is 22.3 Å². The molecule has 1 aromatic carbocycles. The summed E-state index contributed by atoms with van der Waals surface area (Å²) in [4.78, 5) is 4.11. The quantitative estimate of drug-likeness (QED) is 0.727. The number of nitrogen functional groups attached to an aromatic ring is 1. The highest BCUT2D eigenvalue weighted by Crippen LogP contribution is 2.28. The number of nitrogens with one attached hydrogen (secondary N) is 1. The zero-order chi connectivity index (χ0) is 13.2. The molecule has 4 nitrogen and oxygen atoms in total. The second-order valence-corrected chi connectivity index (χ2v) is 3.96. The van der Waals surface area contributed by atoms with Gasteiger partial charge in [0.1, 0.15) is 6.61 Å². The number of fused-ring (bicyclic) bond motifs is 1. The van der Waals surface area contributed by atoms with E-state index in [2.05, 4.69) is 10.3 Å². The standard InChI is InChI=1S/C12H13F2N3O/c13-12(14,7-18)6-17-10-4-3-9-8(11(10)15)2-1-5-16-9/h1-5,17-18H,6-7,15H2. The molecule has 6 heteroatoms. The van der Waals surface area contributed by atoms with Crippen molar-refractivity contribution in [3.8, 4) is 0 Å². The molecule has 0 saturated heterocycles. The Morgan fingerprint density at radius 1 is 1.33 bits per heavy atom. The average molecular weight is 253 g/mol. The Bertz CT molecular complexity index is 560. The Hall–Kier alpha value is -1.95. The normalized spacial score (nSPS) is 11.7. The molecule has 0 spiro atoms. The Labute approximate surface area is 102 Å². The Kier molecular flexibility index (Phi) is 3.29. The van der Waals surface area contributed by atoms with Gasteiger partial charge in [-0.15, -0.1) is 0 Å². The van der Waals surface area contributed by atoms with Gasteiger partial charge in [0.2, 0.25) is 0 Å². The first-order valence-corrected chi connectivity index (χ1v) is 5.39. The molecule has 0 fully saturated rings. The van der Waals surface area contributed by atoms with Gasteiger partial charge < -0.3 is 16.2 Å². The van der Waals surface area contributed by atoms with Crippen molar-refractivity contribution in [2.75, 3.05) is 24.2 Å². The van der Waals surface area contributed by atoms with Crippen molar-refractivity contribution in [1.29, 1.82) is 0 Å². The van der Waals surface area contributed by atoms with Crippen molar-refractivity contribution in [2.45, 2.75) is 5.92 Å². The van der Waals surface area contributed by atoms with Gasteiger partial charge in [0.05, 0.1) is 23.4 Å². The van der Waals surface area contributed by atoms with Gasteiger partial charge in [0, 0.05) is 11.6 Å². The molecule has 18 heavy (non-hydrogen) atoms. The number of aromatic nitrogens is 1. The molecule has 0 atom stereocenters. The number of hydrogen-bond donors (Lipinski definition) is 3. The molecular formula is C12H13F2N3O. The van der Waals surface area contributed by atoms with E-state index in [1.54, 1.807) is 30.5 Å². The van der Waals surface area contributed by atoms with E-state index in [4.69, 9.17) is 10.8 Å². The first kappa shape index (κ1) is 12.5. The molecule has 0 aliphatic carbocycles. The minimum absolute atomic E-state index is 0.370. The SMILES string of the molecule is Nc1c(NCC(F)(F)CO)ccc2ncccc12. The Balaban J connectivity index is 2.27. The number of benzene rings is 1. The Morgan fingerprint density at radius 2 is 2.11 bits per heavy atom. The van der Waals surface area contributed by atoms with Gasteiger partial charge in [-0.25, -0.2) is 8.78 Å². The van der Waals surface area contributed by atoms with E-state index >= 15 is 0 Å². The molecule has 0 unspecified atom stereocenters. The number of hydrogen-bond acceptors (Lipinski definition) is 4. The van der Waals surface area contributed by atoms with E-state index in [-0.39, 0.29) is 0 Å². The van der Waals surface area contributed by atoms with E-state index in [1.165, 1.54) is 0 Å². The number of nitrogens with zero attached hydrogens (tertiary/aromatic N) is 1. The van der Waals surface area contributed by atoms with Crippen LogP contribution in [0.1, 0.15) is 0 Å². The number of rotatable bonds is 4. The summed E-state index contributed by atoms with van der Waals surface area (Å²) in [6, 6.07) is 6.79. The third kappa shape index (κ3) is 2.48. The average Bonchev–Trinajstić information content (AvgIpc) is 2.38. The number of aliphatic hydroxyl groups excluding tert-OH is 1. The lowest BCUT2D eigenvalue weighted by Crippen LogP contribution is -2.31. The zero-order valence-corrected chi connectivity index (χ0v) is 9.53. The first-order chi connectivity index (χ1) is 8.53. The maximum atomic E-state index is 12.9. The van der Waals surface area contributed by atoms with Gasteiger partial charge in [-0.1, -0.05) is 0 Å². The van der Waals surface area contributed by atoms with Crippen LogP contribution in [0.4, 0.5) is 20.2 Å². The minimum Gasteiger partial charge on any atom is -0.397 e. The van der Waals surface area contributed by atoms with Crippen molar-refractivity contribution in [3.63, 3.8) is 0 Å². The van der Waals surface area contributed by atoms with E-state index in [9.17, 15) is 8.78 Å². The number of aliphatic hydroxyl groups is 1. The van der Waals surface area contributed by atoms with Gasteiger partial charge in [-0.2, -0.15) is 0 Å². The van der Waals surface area contributed by atoms with E-state index in [0.717, 1.165) is 0 Å². The molecule has 1 heterocycles. The predicted molar refractivity (Wildman–Crippen MR) is 66.7 cm³/mol. The fourth-order valence-corrected chi connectivity index (χ4v) is 1.61. The number of pyridine rings is 1. The summed E-state index contributed by atoms with van der Waals surface area (Å²) >= 11 is 0. The van der Waals surface area contributed by atoms with Crippen LogP contribution in [-0.2, 0) is 0 Å². The summed E-state index contributed by atoms with van der Waals surface area (Å²) in [5.74, 6) is -3.17. The third-order valence-electron chi connectivity index (χ3n) is 2.60. The van der Waals surface area contributed by atoms with E-state index < -0.39 is 19.1 Å². The lowest BCUT2D eigenvalue weighted by atomic mass is 10.1. The monoisotopic (exact) mass is 253 g/mol. The Morgan fingerprint density at radius 3 is 2.83 bits per heavy atom. The van der Waals surface area contributed by atoms with Crippen LogP contribution in [0.5, 0.6) is 0 Å². The molecule has 2 aromatic rings. The second kappa shape index (κ2) is 4.73. The van der Waals surface area contributed by atoms with Crippen molar-refractivity contribution >= 4 is 22.3 Å². The lowest BCUT2D eigenvalue weighted by molar-refractivity contribution is -0.0372. The predicted octanol–water partition coefficient (Wildman–Crippen LogP) is 1.86. The fraction of sp³-hybridized carbons (Fsp3) is 0.250. The van der Waals surface area contributed by atoms with Gasteiger partial charge in [-0.05, 0) is 24.3 Å². The van der Waals surface area contributed by atoms with Crippen molar-refractivity contribution in [3.05, 3.63) is 30.5 Å². The smallest absolute Gasteiger partial charge is 0.287 e. The van der Waals surface area contributed by atoms with Crippen LogP contribution in [0.2, 0.25) is 0 Å². The van der Waals surface area contributed by atoms with Crippen LogP contribution in [0.25, 0.3) is 10.9 Å². The molecule has 1 aromatic heterocycles. The van der Waals surface area contributed by atoms with Crippen LogP contribution in [0.3, 0.4) is 0 Å². The molecule has 0 saturated carbocycles. The van der Waals surface area contributed by atoms with Crippen LogP contribution >= 0.6 is 0 Å². The highest BCUT2D eigenvalue weighted by Gasteiger charge is 2.27. The van der Waals surface area contributed by atoms with Crippen LogP contribution in [0, 0.1) is 0 Å². The largest absolute Gasteiger partial charge is 0.397 e. The van der Waals surface area contributed by atoms with E-state index in [1.807, 2.05) is 0 Å². The van der Waals surface area contributed by atoms with Crippen molar-refractivity contribution in [1.82, 2.24) is 4.98 Å². The molecule has 0 aliphatic rings. The van der Waals surface area contributed by atoms with Crippen molar-refractivity contribution < 1.29 is 13.9 Å². The molecular weight excluding hydrogens is 240 g/mol. The zero-order valence-electron chi connectivity index (χ0n) is 9.53. The van der Waals surface area contributed by atoms with Gasteiger partial charge in [-0.3, -0.25) is 4.98 Å². The fourth-order valence-electron chi connectivity index (χ4n) is 1.61. The molecule has 0 radical (unpaired) electrons. The maximum absolute atomic E-state index is 12.9. The second-order valence-electron chi connectivity index (χ2n) is 3.96. The van der Waals surface area contributed by atoms with Gasteiger partial charge >= 0.3 is 0 Å². The summed E-state index contributed by atoms with van der Waals surface area (Å²) in [7, 11) is 0. The lowest BCUT2D eigenvalue weighted by Gasteiger charge is -2.16. The summed E-state index contributed by atoms with van der Waals surface area (Å²) in [6.45, 7) is -1.87. The van der Waals surface area contributed by atoms with Crippen LogP contribution in [0.15, 0.2) is 30.5 Å². The van der Waals surface area contributed by atoms with Gasteiger partial charge in [0.25, 0.3) is 5.92 Å². The number of anilines is 2. The summed E-state index contributed by atoms with van der Waals surface area (Å²) in [6.07, 6.45) is 1.63. The molecule has 4 N–H and O–H groups in total.